The zero-order chi connectivity index (χ0) is 18.6. The number of hydrogen-bond acceptors (Lipinski definition) is 5. The summed E-state index contributed by atoms with van der Waals surface area (Å²) in [7, 11) is 1.39. The predicted molar refractivity (Wildman–Crippen MR) is 92.0 cm³/mol. The highest BCUT2D eigenvalue weighted by Gasteiger charge is 2.22. The molecular formula is C16H16N4O5. The summed E-state index contributed by atoms with van der Waals surface area (Å²) in [6.07, 6.45) is 0. The summed E-state index contributed by atoms with van der Waals surface area (Å²) in [4.78, 5) is 34.0. The minimum atomic E-state index is -0.759. The van der Waals surface area contributed by atoms with Crippen molar-refractivity contribution < 1.29 is 19.2 Å². The molecule has 25 heavy (non-hydrogen) atoms. The fourth-order valence-corrected chi connectivity index (χ4v) is 2.29. The van der Waals surface area contributed by atoms with Gasteiger partial charge in [-0.2, -0.15) is 0 Å². The van der Waals surface area contributed by atoms with Crippen molar-refractivity contribution in [3.05, 3.63) is 57.6 Å². The van der Waals surface area contributed by atoms with E-state index in [4.69, 9.17) is 10.5 Å². The van der Waals surface area contributed by atoms with Crippen molar-refractivity contribution >= 4 is 29.0 Å². The molecular weight excluding hydrogens is 328 g/mol. The summed E-state index contributed by atoms with van der Waals surface area (Å²) in [5.41, 5.74) is 5.81. The number of nitrogens with one attached hydrogen (secondary N) is 2. The van der Waals surface area contributed by atoms with E-state index in [1.807, 2.05) is 0 Å². The van der Waals surface area contributed by atoms with Crippen molar-refractivity contribution in [2.24, 2.45) is 5.73 Å². The first-order chi connectivity index (χ1) is 11.8. The van der Waals surface area contributed by atoms with Crippen LogP contribution in [0.15, 0.2) is 36.4 Å². The number of rotatable bonds is 5. The number of methoxy groups -OCH3 is 1. The van der Waals surface area contributed by atoms with E-state index >= 15 is 0 Å². The fraction of sp³-hybridized carbons (Fsp3) is 0.125. The largest absolute Gasteiger partial charge is 0.494 e. The average Bonchev–Trinajstić information content (AvgIpc) is 2.55. The van der Waals surface area contributed by atoms with E-state index in [1.54, 1.807) is 19.1 Å². The number of carbonyl (C=O) groups is 2. The van der Waals surface area contributed by atoms with Crippen LogP contribution in [0.4, 0.5) is 21.9 Å². The SMILES string of the molecule is COc1cc(NC(=O)c2cccc(C)c2[N+](=O)[O-])ccc1NC(N)=O. The first-order valence-electron chi connectivity index (χ1n) is 7.13. The molecule has 2 aromatic rings. The molecule has 4 N–H and O–H groups in total. The number of ether oxygens (including phenoxy) is 1. The van der Waals surface area contributed by atoms with E-state index in [0.29, 0.717) is 16.9 Å². The number of aryl methyl sites for hydroxylation is 1. The molecule has 0 fully saturated rings. The topological polar surface area (TPSA) is 137 Å². The highest BCUT2D eigenvalue weighted by molar-refractivity contribution is 6.07. The molecule has 0 unspecified atom stereocenters. The number of amides is 3. The number of nitrogens with zero attached hydrogens (tertiary/aromatic N) is 1. The molecule has 0 aliphatic carbocycles. The minimum absolute atomic E-state index is 0.0525. The maximum absolute atomic E-state index is 12.4. The Morgan fingerprint density at radius 1 is 1.20 bits per heavy atom. The monoisotopic (exact) mass is 344 g/mol. The van der Waals surface area contributed by atoms with Crippen LogP contribution in [0.25, 0.3) is 0 Å². The van der Waals surface area contributed by atoms with Crippen LogP contribution in [0.1, 0.15) is 15.9 Å². The van der Waals surface area contributed by atoms with Gasteiger partial charge in [-0.3, -0.25) is 14.9 Å². The van der Waals surface area contributed by atoms with Crippen molar-refractivity contribution in [2.75, 3.05) is 17.7 Å². The molecule has 9 nitrogen and oxygen atoms in total. The normalized spacial score (nSPS) is 10.0. The number of nitro groups is 1. The molecule has 0 spiro atoms. The van der Waals surface area contributed by atoms with Crippen molar-refractivity contribution in [2.45, 2.75) is 6.92 Å². The van der Waals surface area contributed by atoms with Crippen LogP contribution in [0.5, 0.6) is 5.75 Å². The quantitative estimate of drug-likeness (QED) is 0.565. The fourth-order valence-electron chi connectivity index (χ4n) is 2.29. The van der Waals surface area contributed by atoms with E-state index in [2.05, 4.69) is 10.6 Å². The van der Waals surface area contributed by atoms with Gasteiger partial charge in [-0.25, -0.2) is 4.79 Å². The highest BCUT2D eigenvalue weighted by atomic mass is 16.6. The van der Waals surface area contributed by atoms with Crippen LogP contribution >= 0.6 is 0 Å². The van der Waals surface area contributed by atoms with Gasteiger partial charge < -0.3 is 21.1 Å². The third-order valence-electron chi connectivity index (χ3n) is 3.38. The zero-order valence-electron chi connectivity index (χ0n) is 13.5. The van der Waals surface area contributed by atoms with E-state index < -0.39 is 16.9 Å². The Morgan fingerprint density at radius 2 is 1.92 bits per heavy atom. The maximum Gasteiger partial charge on any atom is 0.316 e. The molecule has 2 rings (SSSR count). The molecule has 9 heteroatoms. The summed E-state index contributed by atoms with van der Waals surface area (Å²) in [6, 6.07) is 8.20. The van der Waals surface area contributed by atoms with Gasteiger partial charge in [-0.05, 0) is 25.1 Å². The molecule has 0 saturated carbocycles. The van der Waals surface area contributed by atoms with Crippen LogP contribution < -0.4 is 21.1 Å². The van der Waals surface area contributed by atoms with Crippen LogP contribution in [0, 0.1) is 17.0 Å². The Bertz CT molecular complexity index is 850. The number of nitrogens with two attached hydrogens (primary N) is 1. The summed E-state index contributed by atoms with van der Waals surface area (Å²) < 4.78 is 5.13. The second-order valence-electron chi connectivity index (χ2n) is 5.09. The second kappa shape index (κ2) is 7.30. The Hall–Kier alpha value is -3.62. The molecule has 0 saturated heterocycles. The predicted octanol–water partition coefficient (Wildman–Crippen LogP) is 2.65. The smallest absolute Gasteiger partial charge is 0.316 e. The summed E-state index contributed by atoms with van der Waals surface area (Å²) in [5, 5.41) is 16.1. The average molecular weight is 344 g/mol. The van der Waals surface area contributed by atoms with Crippen LogP contribution in [0.3, 0.4) is 0 Å². The van der Waals surface area contributed by atoms with Gasteiger partial charge in [0.05, 0.1) is 17.7 Å². The van der Waals surface area contributed by atoms with E-state index in [0.717, 1.165) is 0 Å². The number of primary amides is 1. The van der Waals surface area contributed by atoms with Gasteiger partial charge in [-0.1, -0.05) is 12.1 Å². The van der Waals surface area contributed by atoms with E-state index in [9.17, 15) is 19.7 Å². The number of carbonyl (C=O) groups excluding carboxylic acids is 2. The van der Waals surface area contributed by atoms with Gasteiger partial charge in [-0.15, -0.1) is 0 Å². The van der Waals surface area contributed by atoms with Crippen molar-refractivity contribution in [1.29, 1.82) is 0 Å². The van der Waals surface area contributed by atoms with Gasteiger partial charge in [0.1, 0.15) is 11.3 Å². The summed E-state index contributed by atoms with van der Waals surface area (Å²) in [6.45, 7) is 1.56. The Balaban J connectivity index is 2.31. The number of hydrogen-bond donors (Lipinski definition) is 3. The Kier molecular flexibility index (Phi) is 5.18. The van der Waals surface area contributed by atoms with Gasteiger partial charge >= 0.3 is 6.03 Å². The third kappa shape index (κ3) is 4.02. The van der Waals surface area contributed by atoms with Crippen LogP contribution in [-0.2, 0) is 0 Å². The van der Waals surface area contributed by atoms with Gasteiger partial charge in [0, 0.05) is 17.3 Å². The molecule has 0 aliphatic rings. The van der Waals surface area contributed by atoms with Crippen molar-refractivity contribution in [1.82, 2.24) is 0 Å². The van der Waals surface area contributed by atoms with Crippen molar-refractivity contribution in [3.8, 4) is 5.75 Å². The van der Waals surface area contributed by atoms with Gasteiger partial charge in [0.25, 0.3) is 11.6 Å². The van der Waals surface area contributed by atoms with E-state index in [-0.39, 0.29) is 17.0 Å². The second-order valence-corrected chi connectivity index (χ2v) is 5.09. The first-order valence-corrected chi connectivity index (χ1v) is 7.13. The lowest BCUT2D eigenvalue weighted by Gasteiger charge is -2.12. The molecule has 0 aromatic heterocycles. The van der Waals surface area contributed by atoms with Gasteiger partial charge in [0.2, 0.25) is 0 Å². The van der Waals surface area contributed by atoms with Crippen LogP contribution in [-0.4, -0.2) is 24.0 Å². The van der Waals surface area contributed by atoms with Crippen LogP contribution in [0.2, 0.25) is 0 Å². The molecule has 0 aliphatic heterocycles. The molecule has 2 aromatic carbocycles. The Morgan fingerprint density at radius 3 is 2.52 bits per heavy atom. The van der Waals surface area contributed by atoms with E-state index in [1.165, 1.54) is 31.4 Å². The molecule has 3 amide bonds. The number of para-hydroxylation sites is 1. The molecule has 0 heterocycles. The molecule has 0 bridgehead atoms. The third-order valence-corrected chi connectivity index (χ3v) is 3.38. The number of nitro benzene ring substituents is 1. The lowest BCUT2D eigenvalue weighted by Crippen LogP contribution is -2.20. The number of benzene rings is 2. The highest BCUT2D eigenvalue weighted by Crippen LogP contribution is 2.29. The zero-order valence-corrected chi connectivity index (χ0v) is 13.5. The maximum atomic E-state index is 12.4. The first kappa shape index (κ1) is 17.7. The lowest BCUT2D eigenvalue weighted by molar-refractivity contribution is -0.385. The molecule has 0 radical (unpaired) electrons. The number of urea groups is 1. The van der Waals surface area contributed by atoms with Gasteiger partial charge in [0.15, 0.2) is 0 Å². The minimum Gasteiger partial charge on any atom is -0.494 e. The summed E-state index contributed by atoms with van der Waals surface area (Å²) >= 11 is 0. The Labute approximate surface area is 142 Å². The summed E-state index contributed by atoms with van der Waals surface area (Å²) in [5.74, 6) is -0.358. The number of anilines is 2. The van der Waals surface area contributed by atoms with Crippen molar-refractivity contribution in [3.63, 3.8) is 0 Å². The molecule has 130 valence electrons. The molecule has 0 atom stereocenters. The standard InChI is InChI=1S/C16H16N4O5/c1-9-4-3-5-11(14(9)20(23)24)15(21)18-10-6-7-12(19-16(17)22)13(8-10)25-2/h3-8H,1-2H3,(H,18,21)(H3,17,19,22). The lowest BCUT2D eigenvalue weighted by atomic mass is 10.1.